The molecular weight excluding hydrogens is 202 g/mol. The third kappa shape index (κ3) is 4.35. The molecule has 14 heavy (non-hydrogen) atoms. The molecule has 0 unspecified atom stereocenters. The van der Waals surface area contributed by atoms with E-state index in [-0.39, 0.29) is 12.4 Å². The van der Waals surface area contributed by atoms with Crippen molar-refractivity contribution in [2.75, 3.05) is 25.6 Å². The molecule has 1 aromatic carbocycles. The Morgan fingerprint density at radius 1 is 1.21 bits per heavy atom. The van der Waals surface area contributed by atoms with Crippen LogP contribution in [0.1, 0.15) is 6.92 Å². The van der Waals surface area contributed by atoms with E-state index in [2.05, 4.69) is 0 Å². The lowest BCUT2D eigenvalue weighted by molar-refractivity contribution is 0.110. The van der Waals surface area contributed by atoms with Gasteiger partial charge in [-0.1, -0.05) is 12.1 Å². The Morgan fingerprint density at radius 3 is 2.57 bits per heavy atom. The second kappa shape index (κ2) is 7.47. The molecule has 0 amide bonds. The number of halogens is 1. The van der Waals surface area contributed by atoms with Crippen molar-refractivity contribution in [2.24, 2.45) is 0 Å². The summed E-state index contributed by atoms with van der Waals surface area (Å²) >= 11 is 0. The van der Waals surface area contributed by atoms with Gasteiger partial charge in [-0.05, 0) is 19.1 Å². The van der Waals surface area contributed by atoms with Gasteiger partial charge in [0.05, 0.1) is 12.3 Å². The first-order valence-corrected chi connectivity index (χ1v) is 4.39. The van der Waals surface area contributed by atoms with Crippen molar-refractivity contribution in [3.05, 3.63) is 24.3 Å². The van der Waals surface area contributed by atoms with Gasteiger partial charge < -0.3 is 15.2 Å². The zero-order valence-corrected chi connectivity index (χ0v) is 9.05. The minimum absolute atomic E-state index is 0. The average Bonchev–Trinajstić information content (AvgIpc) is 2.15. The van der Waals surface area contributed by atoms with Crippen molar-refractivity contribution in [2.45, 2.75) is 6.92 Å². The lowest BCUT2D eigenvalue weighted by atomic mass is 10.3. The Bertz CT molecular complexity index is 256. The first-order valence-electron chi connectivity index (χ1n) is 4.39. The maximum absolute atomic E-state index is 5.67. The number of benzene rings is 1. The maximum atomic E-state index is 5.67. The number of hydrogen-bond donors (Lipinski definition) is 1. The van der Waals surface area contributed by atoms with E-state index in [0.29, 0.717) is 25.5 Å². The second-order valence-corrected chi connectivity index (χ2v) is 2.58. The fourth-order valence-electron chi connectivity index (χ4n) is 0.967. The summed E-state index contributed by atoms with van der Waals surface area (Å²) in [6.07, 6.45) is 0. The van der Waals surface area contributed by atoms with Crippen molar-refractivity contribution in [1.29, 1.82) is 0 Å². The summed E-state index contributed by atoms with van der Waals surface area (Å²) < 4.78 is 10.5. The molecular formula is C10H16ClNO2. The van der Waals surface area contributed by atoms with E-state index in [1.165, 1.54) is 0 Å². The summed E-state index contributed by atoms with van der Waals surface area (Å²) in [5.41, 5.74) is 6.34. The smallest absolute Gasteiger partial charge is 0.142 e. The molecule has 0 aliphatic heterocycles. The SMILES string of the molecule is CCOCCOc1ccccc1N.Cl. The van der Waals surface area contributed by atoms with Crippen LogP contribution in [0.5, 0.6) is 5.75 Å². The Balaban J connectivity index is 0.00000169. The quantitative estimate of drug-likeness (QED) is 0.607. The number of para-hydroxylation sites is 2. The number of anilines is 1. The number of nitrogens with two attached hydrogens (primary N) is 1. The lowest BCUT2D eigenvalue weighted by Crippen LogP contribution is -2.07. The summed E-state index contributed by atoms with van der Waals surface area (Å²) in [7, 11) is 0. The van der Waals surface area contributed by atoms with Gasteiger partial charge in [0.25, 0.3) is 0 Å². The molecule has 0 saturated carbocycles. The average molecular weight is 218 g/mol. The van der Waals surface area contributed by atoms with Crippen LogP contribution in [0, 0.1) is 0 Å². The molecule has 0 radical (unpaired) electrons. The van der Waals surface area contributed by atoms with Gasteiger partial charge in [-0.25, -0.2) is 0 Å². The van der Waals surface area contributed by atoms with E-state index in [4.69, 9.17) is 15.2 Å². The van der Waals surface area contributed by atoms with Crippen LogP contribution < -0.4 is 10.5 Å². The lowest BCUT2D eigenvalue weighted by Gasteiger charge is -2.07. The predicted octanol–water partition coefficient (Wildman–Crippen LogP) is 2.11. The highest BCUT2D eigenvalue weighted by Crippen LogP contribution is 2.19. The molecule has 0 aromatic heterocycles. The molecule has 0 bridgehead atoms. The van der Waals surface area contributed by atoms with Crippen molar-refractivity contribution in [1.82, 2.24) is 0 Å². The first kappa shape index (κ1) is 13.1. The Hall–Kier alpha value is -0.930. The van der Waals surface area contributed by atoms with E-state index >= 15 is 0 Å². The van der Waals surface area contributed by atoms with Gasteiger partial charge in [-0.15, -0.1) is 12.4 Å². The van der Waals surface area contributed by atoms with E-state index in [9.17, 15) is 0 Å². The Morgan fingerprint density at radius 2 is 1.93 bits per heavy atom. The van der Waals surface area contributed by atoms with Crippen LogP contribution in [-0.2, 0) is 4.74 Å². The molecule has 0 aliphatic carbocycles. The molecule has 0 heterocycles. The van der Waals surface area contributed by atoms with Crippen LogP contribution in [0.2, 0.25) is 0 Å². The van der Waals surface area contributed by atoms with Crippen LogP contribution >= 0.6 is 12.4 Å². The second-order valence-electron chi connectivity index (χ2n) is 2.58. The van der Waals surface area contributed by atoms with Crippen LogP contribution in [0.15, 0.2) is 24.3 Å². The Kier molecular flexibility index (Phi) is 6.98. The fourth-order valence-corrected chi connectivity index (χ4v) is 0.967. The zero-order valence-electron chi connectivity index (χ0n) is 8.23. The minimum atomic E-state index is 0. The standard InChI is InChI=1S/C10H15NO2.ClH/c1-2-12-7-8-13-10-6-4-3-5-9(10)11;/h3-6H,2,7-8,11H2,1H3;1H. The summed E-state index contributed by atoms with van der Waals surface area (Å²) in [5, 5.41) is 0. The highest BCUT2D eigenvalue weighted by Gasteiger charge is 1.96. The third-order valence-electron chi connectivity index (χ3n) is 1.61. The maximum Gasteiger partial charge on any atom is 0.142 e. The molecule has 0 atom stereocenters. The summed E-state index contributed by atoms with van der Waals surface area (Å²) in [4.78, 5) is 0. The zero-order chi connectivity index (χ0) is 9.52. The molecule has 80 valence electrons. The van der Waals surface area contributed by atoms with Gasteiger partial charge in [0.1, 0.15) is 12.4 Å². The molecule has 4 heteroatoms. The summed E-state index contributed by atoms with van der Waals surface area (Å²) in [6.45, 7) is 3.82. The topological polar surface area (TPSA) is 44.5 Å². The molecule has 0 spiro atoms. The van der Waals surface area contributed by atoms with Crippen molar-refractivity contribution >= 4 is 18.1 Å². The molecule has 0 saturated heterocycles. The van der Waals surface area contributed by atoms with Crippen LogP contribution in [0.25, 0.3) is 0 Å². The number of nitrogen functional groups attached to an aromatic ring is 1. The first-order chi connectivity index (χ1) is 6.34. The van der Waals surface area contributed by atoms with Crippen LogP contribution in [-0.4, -0.2) is 19.8 Å². The molecule has 3 nitrogen and oxygen atoms in total. The number of ether oxygens (including phenoxy) is 2. The highest BCUT2D eigenvalue weighted by molar-refractivity contribution is 5.85. The van der Waals surface area contributed by atoms with Gasteiger partial charge in [-0.3, -0.25) is 0 Å². The summed E-state index contributed by atoms with van der Waals surface area (Å²) in [5.74, 6) is 0.724. The van der Waals surface area contributed by atoms with Gasteiger partial charge in [0.2, 0.25) is 0 Å². The van der Waals surface area contributed by atoms with Gasteiger partial charge >= 0.3 is 0 Å². The molecule has 0 aliphatic rings. The number of rotatable bonds is 5. The van der Waals surface area contributed by atoms with Gasteiger partial charge in [0, 0.05) is 6.61 Å². The van der Waals surface area contributed by atoms with Crippen molar-refractivity contribution < 1.29 is 9.47 Å². The molecule has 2 N–H and O–H groups in total. The van der Waals surface area contributed by atoms with E-state index in [1.807, 2.05) is 31.2 Å². The largest absolute Gasteiger partial charge is 0.489 e. The highest BCUT2D eigenvalue weighted by atomic mass is 35.5. The normalized spacial score (nSPS) is 9.21. The Labute approximate surface area is 90.6 Å². The molecule has 1 aromatic rings. The molecule has 1 rings (SSSR count). The third-order valence-corrected chi connectivity index (χ3v) is 1.61. The molecule has 0 fully saturated rings. The summed E-state index contributed by atoms with van der Waals surface area (Å²) in [6, 6.07) is 7.44. The van der Waals surface area contributed by atoms with Gasteiger partial charge in [-0.2, -0.15) is 0 Å². The number of hydrogen-bond acceptors (Lipinski definition) is 3. The predicted molar refractivity (Wildman–Crippen MR) is 60.1 cm³/mol. The van der Waals surface area contributed by atoms with Crippen molar-refractivity contribution in [3.8, 4) is 5.75 Å². The van der Waals surface area contributed by atoms with E-state index < -0.39 is 0 Å². The van der Waals surface area contributed by atoms with Gasteiger partial charge in [0.15, 0.2) is 0 Å². The fraction of sp³-hybridized carbons (Fsp3) is 0.400. The van der Waals surface area contributed by atoms with Crippen LogP contribution in [0.3, 0.4) is 0 Å². The van der Waals surface area contributed by atoms with E-state index in [0.717, 1.165) is 5.75 Å². The monoisotopic (exact) mass is 217 g/mol. The minimum Gasteiger partial charge on any atom is -0.489 e. The van der Waals surface area contributed by atoms with E-state index in [1.54, 1.807) is 0 Å². The van der Waals surface area contributed by atoms with Crippen LogP contribution in [0.4, 0.5) is 5.69 Å². The van der Waals surface area contributed by atoms with Crippen molar-refractivity contribution in [3.63, 3.8) is 0 Å².